The molecular weight excluding hydrogens is 220 g/mol. The van der Waals surface area contributed by atoms with E-state index in [0.29, 0.717) is 12.8 Å². The molecule has 0 aliphatic heterocycles. The van der Waals surface area contributed by atoms with Crippen LogP contribution in [-0.2, 0) is 9.59 Å². The molecule has 0 fully saturated rings. The first-order valence-corrected chi connectivity index (χ1v) is 6.50. The Bertz CT molecular complexity index is 238. The third-order valence-corrected chi connectivity index (χ3v) is 3.18. The maximum atomic E-state index is 11.1. The third kappa shape index (κ3) is 6.29. The number of hydrogen-bond acceptors (Lipinski definition) is 2. The average Bonchev–Trinajstić information content (AvgIpc) is 2.26. The van der Waals surface area contributed by atoms with Gasteiger partial charge in [-0.05, 0) is 12.8 Å². The summed E-state index contributed by atoms with van der Waals surface area (Å²) in [6.07, 6.45) is 6.06. The first kappa shape index (κ1) is 15.9. The predicted octanol–water partition coefficient (Wildman–Crippen LogP) is 3.16. The van der Waals surface area contributed by atoms with Crippen molar-refractivity contribution in [2.75, 3.05) is 0 Å². The van der Waals surface area contributed by atoms with E-state index in [-0.39, 0.29) is 0 Å². The largest absolute Gasteiger partial charge is 0.481 e. The van der Waals surface area contributed by atoms with E-state index in [4.69, 9.17) is 10.2 Å². The molecule has 0 radical (unpaired) electrons. The molecule has 0 aromatic carbocycles. The molecule has 0 rings (SSSR count). The standard InChI is InChI=1S/C13H24O4/c1-3-5-6-7-8-9-11(13(16)17)10(4-2)12(14)15/h10-11H,3-9H2,1-2H3,(H,14,15)(H,16,17). The van der Waals surface area contributed by atoms with E-state index in [1.807, 2.05) is 0 Å². The maximum absolute atomic E-state index is 11.1. The van der Waals surface area contributed by atoms with Crippen molar-refractivity contribution in [2.24, 2.45) is 11.8 Å². The van der Waals surface area contributed by atoms with Gasteiger partial charge in [0.25, 0.3) is 0 Å². The lowest BCUT2D eigenvalue weighted by atomic mass is 9.86. The van der Waals surface area contributed by atoms with Crippen LogP contribution in [0.4, 0.5) is 0 Å². The first-order valence-electron chi connectivity index (χ1n) is 6.50. The van der Waals surface area contributed by atoms with Gasteiger partial charge in [0.15, 0.2) is 0 Å². The number of hydrogen-bond donors (Lipinski definition) is 2. The Kier molecular flexibility index (Phi) is 8.46. The van der Waals surface area contributed by atoms with E-state index in [1.54, 1.807) is 6.92 Å². The van der Waals surface area contributed by atoms with Crippen molar-refractivity contribution in [2.45, 2.75) is 58.8 Å². The van der Waals surface area contributed by atoms with Gasteiger partial charge in [-0.25, -0.2) is 0 Å². The van der Waals surface area contributed by atoms with E-state index in [2.05, 4.69) is 6.92 Å². The molecule has 0 bridgehead atoms. The lowest BCUT2D eigenvalue weighted by molar-refractivity contribution is -0.154. The van der Waals surface area contributed by atoms with E-state index >= 15 is 0 Å². The van der Waals surface area contributed by atoms with Crippen molar-refractivity contribution in [3.8, 4) is 0 Å². The van der Waals surface area contributed by atoms with Gasteiger partial charge in [-0.3, -0.25) is 9.59 Å². The minimum atomic E-state index is -0.992. The second kappa shape index (κ2) is 9.02. The number of carboxylic acid groups (broad SMARTS) is 2. The highest BCUT2D eigenvalue weighted by molar-refractivity contribution is 5.79. The van der Waals surface area contributed by atoms with Crippen molar-refractivity contribution in [1.82, 2.24) is 0 Å². The molecule has 4 nitrogen and oxygen atoms in total. The van der Waals surface area contributed by atoms with Crippen LogP contribution in [0.1, 0.15) is 58.8 Å². The molecule has 0 saturated heterocycles. The zero-order valence-corrected chi connectivity index (χ0v) is 10.8. The highest BCUT2D eigenvalue weighted by atomic mass is 16.4. The maximum Gasteiger partial charge on any atom is 0.307 e. The molecule has 0 heterocycles. The summed E-state index contributed by atoms with van der Waals surface area (Å²) in [5.41, 5.74) is 0. The van der Waals surface area contributed by atoms with Crippen LogP contribution in [-0.4, -0.2) is 22.2 Å². The van der Waals surface area contributed by atoms with E-state index in [0.717, 1.165) is 32.1 Å². The Balaban J connectivity index is 4.15. The van der Waals surface area contributed by atoms with Crippen LogP contribution >= 0.6 is 0 Å². The van der Waals surface area contributed by atoms with Crippen molar-refractivity contribution >= 4 is 11.9 Å². The SMILES string of the molecule is CCCCCCCC(C(=O)O)C(CC)C(=O)O. The highest BCUT2D eigenvalue weighted by Gasteiger charge is 2.31. The Morgan fingerprint density at radius 1 is 0.882 bits per heavy atom. The Morgan fingerprint density at radius 2 is 1.41 bits per heavy atom. The molecule has 0 aliphatic carbocycles. The summed E-state index contributed by atoms with van der Waals surface area (Å²) in [4.78, 5) is 22.0. The molecule has 0 spiro atoms. The minimum Gasteiger partial charge on any atom is -0.481 e. The second-order valence-electron chi connectivity index (χ2n) is 4.50. The fourth-order valence-corrected chi connectivity index (χ4v) is 2.10. The minimum absolute atomic E-state index is 0.376. The summed E-state index contributed by atoms with van der Waals surface area (Å²) < 4.78 is 0. The van der Waals surface area contributed by atoms with Gasteiger partial charge in [0.1, 0.15) is 0 Å². The summed E-state index contributed by atoms with van der Waals surface area (Å²) in [6.45, 7) is 3.85. The predicted molar refractivity (Wildman–Crippen MR) is 65.9 cm³/mol. The van der Waals surface area contributed by atoms with Crippen LogP contribution in [0.5, 0.6) is 0 Å². The van der Waals surface area contributed by atoms with E-state index in [1.165, 1.54) is 0 Å². The van der Waals surface area contributed by atoms with Gasteiger partial charge in [0, 0.05) is 0 Å². The lowest BCUT2D eigenvalue weighted by Crippen LogP contribution is -2.29. The summed E-state index contributed by atoms with van der Waals surface area (Å²) in [5, 5.41) is 18.0. The fraction of sp³-hybridized carbons (Fsp3) is 0.846. The topological polar surface area (TPSA) is 74.6 Å². The van der Waals surface area contributed by atoms with E-state index in [9.17, 15) is 9.59 Å². The summed E-state index contributed by atoms with van der Waals surface area (Å²) in [6, 6.07) is 0. The molecule has 0 saturated carbocycles. The zero-order chi connectivity index (χ0) is 13.3. The molecule has 2 atom stereocenters. The lowest BCUT2D eigenvalue weighted by Gasteiger charge is -2.18. The monoisotopic (exact) mass is 244 g/mol. The first-order chi connectivity index (χ1) is 8.04. The summed E-state index contributed by atoms with van der Waals surface area (Å²) in [7, 11) is 0. The number of carboxylic acids is 2. The van der Waals surface area contributed by atoms with Crippen LogP contribution in [0.15, 0.2) is 0 Å². The van der Waals surface area contributed by atoms with Crippen molar-refractivity contribution < 1.29 is 19.8 Å². The molecule has 4 heteroatoms. The van der Waals surface area contributed by atoms with Gasteiger partial charge in [0.05, 0.1) is 11.8 Å². The van der Waals surface area contributed by atoms with Gasteiger partial charge < -0.3 is 10.2 Å². The molecular formula is C13H24O4. The molecule has 0 amide bonds. The van der Waals surface area contributed by atoms with Gasteiger partial charge in [-0.2, -0.15) is 0 Å². The molecule has 2 N–H and O–H groups in total. The van der Waals surface area contributed by atoms with Crippen LogP contribution in [0.2, 0.25) is 0 Å². The Labute approximate surface area is 103 Å². The quantitative estimate of drug-likeness (QED) is 0.579. The summed E-state index contributed by atoms with van der Waals surface area (Å²) >= 11 is 0. The Hall–Kier alpha value is -1.06. The van der Waals surface area contributed by atoms with Crippen LogP contribution in [0.25, 0.3) is 0 Å². The van der Waals surface area contributed by atoms with Crippen molar-refractivity contribution in [3.63, 3.8) is 0 Å². The molecule has 0 aromatic heterocycles. The third-order valence-electron chi connectivity index (χ3n) is 3.18. The number of carbonyl (C=O) groups is 2. The highest BCUT2D eigenvalue weighted by Crippen LogP contribution is 2.23. The van der Waals surface area contributed by atoms with Crippen LogP contribution in [0.3, 0.4) is 0 Å². The fourth-order valence-electron chi connectivity index (χ4n) is 2.10. The van der Waals surface area contributed by atoms with Crippen molar-refractivity contribution in [1.29, 1.82) is 0 Å². The zero-order valence-electron chi connectivity index (χ0n) is 10.8. The molecule has 0 aromatic rings. The van der Waals surface area contributed by atoms with Gasteiger partial charge in [-0.1, -0.05) is 46.0 Å². The van der Waals surface area contributed by atoms with Gasteiger partial charge >= 0.3 is 11.9 Å². The average molecular weight is 244 g/mol. The van der Waals surface area contributed by atoms with E-state index < -0.39 is 23.8 Å². The molecule has 17 heavy (non-hydrogen) atoms. The smallest absolute Gasteiger partial charge is 0.307 e. The van der Waals surface area contributed by atoms with Crippen molar-refractivity contribution in [3.05, 3.63) is 0 Å². The van der Waals surface area contributed by atoms with Crippen LogP contribution in [0, 0.1) is 11.8 Å². The van der Waals surface area contributed by atoms with Gasteiger partial charge in [-0.15, -0.1) is 0 Å². The normalized spacial score (nSPS) is 14.2. The number of unbranched alkanes of at least 4 members (excludes halogenated alkanes) is 4. The molecule has 0 aliphatic rings. The van der Waals surface area contributed by atoms with Gasteiger partial charge in [0.2, 0.25) is 0 Å². The number of aliphatic carboxylic acids is 2. The Morgan fingerprint density at radius 3 is 1.82 bits per heavy atom. The number of rotatable bonds is 10. The molecule has 100 valence electrons. The van der Waals surface area contributed by atoms with Crippen LogP contribution < -0.4 is 0 Å². The molecule has 2 unspecified atom stereocenters. The second-order valence-corrected chi connectivity index (χ2v) is 4.50. The summed E-state index contributed by atoms with van der Waals surface area (Å²) in [5.74, 6) is -3.46.